The second-order valence-corrected chi connectivity index (χ2v) is 22.8. The Balaban J connectivity index is 0.774. The number of phenolic OH excluding ortho intramolecular Hbond substituents is 2. The van der Waals surface area contributed by atoms with E-state index >= 15 is 0 Å². The van der Waals surface area contributed by atoms with Gasteiger partial charge in [0, 0.05) is 90.1 Å². The van der Waals surface area contributed by atoms with Crippen LogP contribution in [0.1, 0.15) is 130 Å². The lowest BCUT2D eigenvalue weighted by molar-refractivity contribution is -0.134. The largest absolute Gasteiger partial charge is 0.508 e. The van der Waals surface area contributed by atoms with E-state index in [1.807, 2.05) is 6.07 Å². The third-order valence-corrected chi connectivity index (χ3v) is 16.3. The molecule has 0 aromatic heterocycles. The van der Waals surface area contributed by atoms with Gasteiger partial charge in [-0.15, -0.1) is 0 Å². The Morgan fingerprint density at radius 1 is 0.593 bits per heavy atom. The molecular weight excluding hydrogens is 1170 g/mol. The highest BCUT2D eigenvalue weighted by atomic mass is 16.6. The maximum absolute atomic E-state index is 14.4. The standard InChI is InChI=1S/C67H74N8O16/c68-57(78)25-24-52-64(85)75-54(35-40-9-3-1-4-10-40)65(86)74-53(36-41-14-16-43(17-15-41)60(81)42-11-5-2-6-12-42)63(84)69-28-8-7-13-51(72-58(79)26-27-59(80)73-52)62(83)71-30-32-89-34-33-88-31-29-70-61(82)44-18-21-48-47(37-44)66(87)91-67(48)49-22-19-45(76)38-55(49)90-56-39-46(77)20-23-50(56)67/h2,5-6,11-12,14-23,26-27,37-40,51-54,76-77H,1,3-4,7-10,13,24-25,28-36H2,(H2,68,78)(H,69,84)(H,70,82)(H,71,83)(H,72,79)(H,73,80)(H,74,86)(H,75,85)/b27-26+/t51-,52-,53+,54-/m0/s1. The van der Waals surface area contributed by atoms with Gasteiger partial charge in [0.2, 0.25) is 41.4 Å². The Labute approximate surface area is 524 Å². The first-order chi connectivity index (χ1) is 43.9. The third kappa shape index (κ3) is 17.1. The lowest BCUT2D eigenvalue weighted by atomic mass is 9.77. The molecule has 1 spiro atoms. The molecule has 4 atom stereocenters. The minimum Gasteiger partial charge on any atom is -0.508 e. The van der Waals surface area contributed by atoms with Crippen LogP contribution in [0.25, 0.3) is 0 Å². The third-order valence-electron chi connectivity index (χ3n) is 16.3. The number of ketones is 1. The van der Waals surface area contributed by atoms with E-state index in [-0.39, 0.29) is 124 Å². The monoisotopic (exact) mass is 1250 g/mol. The number of carbonyl (C=O) groups excluding carboxylic acids is 10. The molecule has 91 heavy (non-hydrogen) atoms. The van der Waals surface area contributed by atoms with Gasteiger partial charge in [0.05, 0.1) is 32.0 Å². The molecule has 478 valence electrons. The molecule has 1 saturated carbocycles. The molecule has 0 bridgehead atoms. The van der Waals surface area contributed by atoms with Crippen LogP contribution in [0.3, 0.4) is 0 Å². The molecule has 0 radical (unpaired) electrons. The summed E-state index contributed by atoms with van der Waals surface area (Å²) >= 11 is 0. The number of aromatic hydroxyl groups is 2. The van der Waals surface area contributed by atoms with Gasteiger partial charge in [0.15, 0.2) is 11.4 Å². The number of hydrogen-bond acceptors (Lipinski definition) is 16. The summed E-state index contributed by atoms with van der Waals surface area (Å²) in [6.45, 7) is 0.649. The van der Waals surface area contributed by atoms with Gasteiger partial charge in [0.1, 0.15) is 47.2 Å². The Morgan fingerprint density at radius 3 is 1.86 bits per heavy atom. The molecule has 5 aromatic carbocycles. The molecule has 5 aromatic rings. The van der Waals surface area contributed by atoms with Crippen LogP contribution in [0.4, 0.5) is 0 Å². The Kier molecular flexibility index (Phi) is 22.3. The summed E-state index contributed by atoms with van der Waals surface area (Å²) in [4.78, 5) is 135. The topological polar surface area (TPSA) is 358 Å². The van der Waals surface area contributed by atoms with Crippen molar-refractivity contribution in [1.82, 2.24) is 37.2 Å². The number of hydrogen-bond donors (Lipinski definition) is 10. The van der Waals surface area contributed by atoms with E-state index in [2.05, 4.69) is 37.2 Å². The van der Waals surface area contributed by atoms with Crippen molar-refractivity contribution in [3.8, 4) is 23.0 Å². The van der Waals surface area contributed by atoms with Crippen molar-refractivity contribution in [2.24, 2.45) is 11.7 Å². The first-order valence-corrected chi connectivity index (χ1v) is 30.5. The van der Waals surface area contributed by atoms with Gasteiger partial charge >= 0.3 is 5.97 Å². The van der Waals surface area contributed by atoms with Crippen molar-refractivity contribution in [3.63, 3.8) is 0 Å². The molecular formula is C67H74N8O16. The summed E-state index contributed by atoms with van der Waals surface area (Å²) in [7, 11) is 0. The number of nitrogens with two attached hydrogens (primary N) is 1. The van der Waals surface area contributed by atoms with E-state index in [1.165, 1.54) is 30.3 Å². The van der Waals surface area contributed by atoms with Crippen molar-refractivity contribution in [2.45, 2.75) is 107 Å². The van der Waals surface area contributed by atoms with Crippen molar-refractivity contribution in [3.05, 3.63) is 166 Å². The number of benzene rings is 5. The SMILES string of the molecule is NC(=O)CC[C@@H]1NC(=O)/C=C/C(=O)N[C@H](C(=O)NCCOCCOCCNC(=O)c2ccc3c(c2)C(=O)OC32c3ccc(O)cc3Oc3cc(O)ccc32)CCCCNC(=O)[C@@H](Cc2ccc(C(=O)c3ccccc3)cc2)NC(=O)[C@H](CC2CCCCC2)NC1=O. The number of nitrogens with one attached hydrogen (secondary N) is 7. The predicted octanol–water partition coefficient (Wildman–Crippen LogP) is 4.05. The van der Waals surface area contributed by atoms with Crippen LogP contribution in [0.15, 0.2) is 121 Å². The fourth-order valence-corrected chi connectivity index (χ4v) is 11.6. The molecule has 3 aliphatic heterocycles. The zero-order valence-electron chi connectivity index (χ0n) is 50.1. The summed E-state index contributed by atoms with van der Waals surface area (Å²) < 4.78 is 23.4. The smallest absolute Gasteiger partial charge is 0.340 e. The van der Waals surface area contributed by atoms with Gasteiger partial charge in [0.25, 0.3) is 5.91 Å². The van der Waals surface area contributed by atoms with Crippen LogP contribution in [0.5, 0.6) is 23.0 Å². The molecule has 3 heterocycles. The zero-order valence-corrected chi connectivity index (χ0v) is 50.1. The maximum Gasteiger partial charge on any atom is 0.340 e. The number of esters is 1. The van der Waals surface area contributed by atoms with E-state index in [0.29, 0.717) is 46.2 Å². The van der Waals surface area contributed by atoms with Crippen LogP contribution in [0, 0.1) is 5.92 Å². The molecule has 8 amide bonds. The summed E-state index contributed by atoms with van der Waals surface area (Å²) in [5, 5.41) is 39.6. The number of primary amides is 1. The van der Waals surface area contributed by atoms with Gasteiger partial charge in [-0.2, -0.15) is 0 Å². The zero-order chi connectivity index (χ0) is 64.4. The average Bonchev–Trinajstić information content (AvgIpc) is 1.61. The van der Waals surface area contributed by atoms with Gasteiger partial charge in [-0.25, -0.2) is 4.79 Å². The van der Waals surface area contributed by atoms with E-state index < -0.39 is 83.0 Å². The van der Waals surface area contributed by atoms with Crippen molar-refractivity contribution in [2.75, 3.05) is 46.1 Å². The van der Waals surface area contributed by atoms with Gasteiger partial charge in [-0.3, -0.25) is 43.2 Å². The van der Waals surface area contributed by atoms with Crippen molar-refractivity contribution < 1.29 is 77.1 Å². The van der Waals surface area contributed by atoms with E-state index in [0.717, 1.165) is 44.3 Å². The van der Waals surface area contributed by atoms with E-state index in [9.17, 15) is 58.2 Å². The van der Waals surface area contributed by atoms with Crippen LogP contribution in [-0.4, -0.2) is 139 Å². The number of phenols is 2. The fraction of sp³-hybridized carbons (Fsp3) is 0.373. The molecule has 11 N–H and O–H groups in total. The summed E-state index contributed by atoms with van der Waals surface area (Å²) in [5.74, 6) is -6.00. The quantitative estimate of drug-likeness (QED) is 0.0298. The fourth-order valence-electron chi connectivity index (χ4n) is 11.6. The summed E-state index contributed by atoms with van der Waals surface area (Å²) in [6, 6.07) is 24.1. The molecule has 0 saturated heterocycles. The highest BCUT2D eigenvalue weighted by Crippen LogP contribution is 2.57. The number of amides is 8. The van der Waals surface area contributed by atoms with Crippen molar-refractivity contribution in [1.29, 1.82) is 0 Å². The van der Waals surface area contributed by atoms with E-state index in [1.54, 1.807) is 72.8 Å². The first kappa shape index (κ1) is 65.5. The molecule has 24 heteroatoms. The van der Waals surface area contributed by atoms with Gasteiger partial charge in [-0.05, 0) is 80.0 Å². The lowest BCUT2D eigenvalue weighted by Gasteiger charge is -2.36. The second-order valence-electron chi connectivity index (χ2n) is 22.8. The number of fused-ring (bicyclic) bond motifs is 6. The number of ether oxygens (including phenoxy) is 4. The van der Waals surface area contributed by atoms with Crippen LogP contribution < -0.4 is 47.7 Å². The Hall–Kier alpha value is -9.94. The molecule has 1 aliphatic carbocycles. The van der Waals surface area contributed by atoms with Gasteiger partial charge < -0.3 is 72.1 Å². The molecule has 4 aliphatic rings. The lowest BCUT2D eigenvalue weighted by Crippen LogP contribution is -2.57. The molecule has 24 nitrogen and oxygen atoms in total. The number of carbonyl (C=O) groups is 10. The summed E-state index contributed by atoms with van der Waals surface area (Å²) in [5.41, 5.74) is 7.19. The van der Waals surface area contributed by atoms with Gasteiger partial charge in [-0.1, -0.05) is 92.8 Å². The highest BCUT2D eigenvalue weighted by molar-refractivity contribution is 6.09. The Morgan fingerprint density at radius 2 is 1.19 bits per heavy atom. The summed E-state index contributed by atoms with van der Waals surface area (Å²) in [6.07, 6.45) is 6.77. The first-order valence-electron chi connectivity index (χ1n) is 30.5. The second kappa shape index (κ2) is 31.0. The minimum absolute atomic E-state index is 0.00616. The molecule has 9 rings (SSSR count). The minimum atomic E-state index is -1.48. The highest BCUT2D eigenvalue weighted by Gasteiger charge is 2.54. The normalized spacial score (nSPS) is 19.9. The average molecular weight is 1250 g/mol. The van der Waals surface area contributed by atoms with Crippen LogP contribution >= 0.6 is 0 Å². The maximum atomic E-state index is 14.4. The Bertz CT molecular complexity index is 3500. The van der Waals surface area contributed by atoms with E-state index in [4.69, 9.17) is 24.7 Å². The number of rotatable bonds is 20. The predicted molar refractivity (Wildman–Crippen MR) is 328 cm³/mol. The molecule has 1 fully saturated rings. The van der Waals surface area contributed by atoms with Crippen LogP contribution in [0.2, 0.25) is 0 Å². The molecule has 0 unspecified atom stereocenters. The van der Waals surface area contributed by atoms with Crippen molar-refractivity contribution >= 4 is 59.0 Å². The van der Waals surface area contributed by atoms with Crippen LogP contribution in [-0.2, 0) is 59.8 Å².